The van der Waals surface area contributed by atoms with Crippen molar-refractivity contribution in [2.45, 2.75) is 58.8 Å². The molecule has 2 heterocycles. The number of rotatable bonds is 3. The Morgan fingerprint density at radius 2 is 1.35 bits per heavy atom. The van der Waals surface area contributed by atoms with Crippen LogP contribution in [0.15, 0.2) is 72.8 Å². The number of benzene rings is 4. The zero-order chi connectivity index (χ0) is 23.8. The highest BCUT2D eigenvalue weighted by atomic mass is 15.2. The molecule has 6 rings (SSSR count). The molecule has 4 aromatic carbocycles. The highest BCUT2D eigenvalue weighted by Crippen LogP contribution is 2.43. The van der Waals surface area contributed by atoms with Gasteiger partial charge in [-0.25, -0.2) is 0 Å². The topological polar surface area (TPSA) is 8.81 Å². The van der Waals surface area contributed by atoms with Crippen LogP contribution in [0.2, 0.25) is 0 Å². The summed E-state index contributed by atoms with van der Waals surface area (Å²) in [5.74, 6) is 0.850. The molecule has 0 N–H and O–H groups in total. The van der Waals surface area contributed by atoms with Crippen molar-refractivity contribution in [1.29, 1.82) is 0 Å². The Kier molecular flexibility index (Phi) is 4.55. The predicted octanol–water partition coefficient (Wildman–Crippen LogP) is 7.75. The van der Waals surface area contributed by atoms with E-state index in [9.17, 15) is 0 Å². The Labute approximate surface area is 202 Å². The third-order valence-electron chi connectivity index (χ3n) is 7.70. The fourth-order valence-corrected chi connectivity index (χ4v) is 5.83. The maximum absolute atomic E-state index is 3.83. The smallest absolute Gasteiger partial charge is 0.269 e. The highest BCUT2D eigenvalue weighted by Gasteiger charge is 2.35. The molecule has 1 aliphatic heterocycles. The molecule has 1 aromatic heterocycles. The van der Waals surface area contributed by atoms with E-state index in [1.807, 2.05) is 0 Å². The van der Waals surface area contributed by atoms with Crippen LogP contribution in [0, 0.1) is 6.33 Å². The molecule has 0 fully saturated rings. The summed E-state index contributed by atoms with van der Waals surface area (Å²) in [6.07, 6.45) is 3.83. The van der Waals surface area contributed by atoms with Crippen molar-refractivity contribution >= 4 is 21.8 Å². The highest BCUT2D eigenvalue weighted by molar-refractivity contribution is 5.88. The van der Waals surface area contributed by atoms with Crippen LogP contribution in [-0.2, 0) is 5.41 Å². The van der Waals surface area contributed by atoms with Gasteiger partial charge in [-0.1, -0.05) is 108 Å². The van der Waals surface area contributed by atoms with Crippen LogP contribution in [0.25, 0.3) is 33.2 Å². The molecule has 0 aliphatic carbocycles. The van der Waals surface area contributed by atoms with Crippen LogP contribution in [0.1, 0.15) is 75.6 Å². The Balaban J connectivity index is 1.76. The quantitative estimate of drug-likeness (QED) is 0.199. The van der Waals surface area contributed by atoms with E-state index < -0.39 is 0 Å². The van der Waals surface area contributed by atoms with Crippen LogP contribution >= 0.6 is 0 Å². The minimum atomic E-state index is -0.0999. The minimum absolute atomic E-state index is 0.0999. The lowest BCUT2D eigenvalue weighted by Crippen LogP contribution is -2.40. The van der Waals surface area contributed by atoms with Crippen molar-refractivity contribution in [2.24, 2.45) is 0 Å². The lowest BCUT2D eigenvalue weighted by molar-refractivity contribution is -0.575. The summed E-state index contributed by atoms with van der Waals surface area (Å²) in [7, 11) is 0. The Bertz CT molecular complexity index is 1550. The molecule has 1 aliphatic rings. The number of hydrogen-bond donors (Lipinski definition) is 0. The molecule has 170 valence electrons. The summed E-state index contributed by atoms with van der Waals surface area (Å²) in [5, 5.41) is 2.56. The van der Waals surface area contributed by atoms with Crippen LogP contribution in [0.3, 0.4) is 0 Å². The molecule has 0 spiro atoms. The van der Waals surface area contributed by atoms with E-state index in [0.29, 0.717) is 11.8 Å². The third-order valence-corrected chi connectivity index (χ3v) is 7.70. The molecular formula is C32H32N2. The number of fused-ring (bicyclic) bond motifs is 3. The number of imidazole rings is 1. The average Bonchev–Trinajstić information content (AvgIpc) is 3.21. The SMILES string of the molecule is CC(C)c1cccc(C(C)C)c1-n1[c-][n+]2c3c(cccc31)C(C)(C)c1cc3ccccc3cc1-2. The van der Waals surface area contributed by atoms with E-state index in [0.717, 1.165) is 0 Å². The van der Waals surface area contributed by atoms with E-state index in [2.05, 4.69) is 130 Å². The number of aromatic nitrogens is 2. The normalized spacial score (nSPS) is 14.4. The maximum Gasteiger partial charge on any atom is 0.269 e. The zero-order valence-corrected chi connectivity index (χ0v) is 21.0. The second-order valence-electron chi connectivity index (χ2n) is 10.9. The molecule has 34 heavy (non-hydrogen) atoms. The summed E-state index contributed by atoms with van der Waals surface area (Å²) < 4.78 is 4.66. The lowest BCUT2D eigenvalue weighted by atomic mass is 9.74. The van der Waals surface area contributed by atoms with Crippen molar-refractivity contribution in [3.63, 3.8) is 0 Å². The van der Waals surface area contributed by atoms with Gasteiger partial charge in [0.25, 0.3) is 6.33 Å². The van der Waals surface area contributed by atoms with Crippen LogP contribution in [0.5, 0.6) is 0 Å². The van der Waals surface area contributed by atoms with Gasteiger partial charge < -0.3 is 0 Å². The summed E-state index contributed by atoms with van der Waals surface area (Å²) in [6, 6.07) is 27.0. The lowest BCUT2D eigenvalue weighted by Gasteiger charge is -2.34. The van der Waals surface area contributed by atoms with Crippen molar-refractivity contribution in [2.75, 3.05) is 0 Å². The second-order valence-corrected chi connectivity index (χ2v) is 10.9. The van der Waals surface area contributed by atoms with Gasteiger partial charge in [-0.05, 0) is 50.9 Å². The molecule has 0 amide bonds. The fraction of sp³-hybridized carbons (Fsp3) is 0.281. The van der Waals surface area contributed by atoms with Gasteiger partial charge in [0.15, 0.2) is 0 Å². The van der Waals surface area contributed by atoms with E-state index in [4.69, 9.17) is 0 Å². The minimum Gasteiger partial charge on any atom is -0.291 e. The first-order chi connectivity index (χ1) is 16.3. The van der Waals surface area contributed by atoms with Gasteiger partial charge in [-0.2, -0.15) is 0 Å². The molecule has 5 aromatic rings. The molecule has 2 heteroatoms. The van der Waals surface area contributed by atoms with Crippen LogP contribution in [-0.4, -0.2) is 4.57 Å². The first kappa shape index (κ1) is 21.2. The van der Waals surface area contributed by atoms with Crippen molar-refractivity contribution in [1.82, 2.24) is 4.57 Å². The molecule has 0 radical (unpaired) electrons. The molecule has 0 unspecified atom stereocenters. The van der Waals surface area contributed by atoms with E-state index in [1.54, 1.807) is 0 Å². The van der Waals surface area contributed by atoms with Crippen LogP contribution < -0.4 is 4.57 Å². The molecule has 2 nitrogen and oxygen atoms in total. The maximum atomic E-state index is 3.83. The molecular weight excluding hydrogens is 412 g/mol. The molecule has 0 saturated carbocycles. The first-order valence-corrected chi connectivity index (χ1v) is 12.4. The van der Waals surface area contributed by atoms with Gasteiger partial charge in [-0.15, -0.1) is 0 Å². The third kappa shape index (κ3) is 2.84. The Hall–Kier alpha value is -3.39. The van der Waals surface area contributed by atoms with Crippen molar-refractivity contribution in [3.05, 3.63) is 101 Å². The van der Waals surface area contributed by atoms with Gasteiger partial charge >= 0.3 is 0 Å². The summed E-state index contributed by atoms with van der Waals surface area (Å²) in [6.45, 7) is 13.9. The molecule has 0 bridgehead atoms. The summed E-state index contributed by atoms with van der Waals surface area (Å²) >= 11 is 0. The Morgan fingerprint density at radius 3 is 2.00 bits per heavy atom. The second kappa shape index (κ2) is 7.30. The van der Waals surface area contributed by atoms with Gasteiger partial charge in [-0.3, -0.25) is 9.13 Å². The van der Waals surface area contributed by atoms with E-state index in [1.165, 1.54) is 55.4 Å². The van der Waals surface area contributed by atoms with Crippen molar-refractivity contribution in [3.8, 4) is 11.4 Å². The van der Waals surface area contributed by atoms with Gasteiger partial charge in [0.2, 0.25) is 0 Å². The van der Waals surface area contributed by atoms with Crippen molar-refractivity contribution < 1.29 is 4.57 Å². The molecule has 0 atom stereocenters. The van der Waals surface area contributed by atoms with Crippen LogP contribution in [0.4, 0.5) is 0 Å². The largest absolute Gasteiger partial charge is 0.291 e. The first-order valence-electron chi connectivity index (χ1n) is 12.4. The van der Waals surface area contributed by atoms with Gasteiger partial charge in [0.1, 0.15) is 0 Å². The molecule has 0 saturated heterocycles. The summed E-state index contributed by atoms with van der Waals surface area (Å²) in [4.78, 5) is 0. The Morgan fingerprint density at radius 1 is 0.735 bits per heavy atom. The monoisotopic (exact) mass is 444 g/mol. The van der Waals surface area contributed by atoms with E-state index >= 15 is 0 Å². The van der Waals surface area contributed by atoms with E-state index in [-0.39, 0.29) is 5.41 Å². The zero-order valence-electron chi connectivity index (χ0n) is 21.0. The number of para-hydroxylation sites is 2. The summed E-state index contributed by atoms with van der Waals surface area (Å²) in [5.41, 5.74) is 10.4. The van der Waals surface area contributed by atoms with Gasteiger partial charge in [0.05, 0.1) is 22.4 Å². The predicted molar refractivity (Wildman–Crippen MR) is 141 cm³/mol. The standard InChI is InChI=1S/C32H32N2/c1-20(2)24-13-9-14-25(21(3)4)30(24)33-19-34-29-18-23-12-8-7-11-22(23)17-27(29)32(5,6)26-15-10-16-28(33)31(26)34/h7-18,20-21H,1-6H3. The van der Waals surface area contributed by atoms with Gasteiger partial charge in [0, 0.05) is 5.41 Å². The average molecular weight is 445 g/mol. The number of nitrogens with zero attached hydrogens (tertiary/aromatic N) is 2. The fourth-order valence-electron chi connectivity index (χ4n) is 5.83. The number of hydrogen-bond acceptors (Lipinski definition) is 0.